The Morgan fingerprint density at radius 2 is 1.76 bits per heavy atom. The number of benzene rings is 1. The molecule has 0 fully saturated rings. The first-order chi connectivity index (χ1) is 8.08. The number of rotatable bonds is 5. The lowest BCUT2D eigenvalue weighted by molar-refractivity contribution is -0.129. The highest BCUT2D eigenvalue weighted by molar-refractivity contribution is 8.00. The Bertz CT molecular complexity index is 357. The summed E-state index contributed by atoms with van der Waals surface area (Å²) in [7, 11) is 0. The van der Waals surface area contributed by atoms with Crippen LogP contribution in [-0.2, 0) is 4.79 Å². The lowest BCUT2D eigenvalue weighted by atomic mass is 10.2. The van der Waals surface area contributed by atoms with E-state index in [2.05, 4.69) is 31.2 Å². The first kappa shape index (κ1) is 14.1. The monoisotopic (exact) mass is 251 g/mol. The van der Waals surface area contributed by atoms with Crippen LogP contribution in [0.1, 0.15) is 26.3 Å². The van der Waals surface area contributed by atoms with Crippen molar-refractivity contribution in [2.24, 2.45) is 0 Å². The minimum absolute atomic E-state index is 0.0161. The fraction of sp³-hybridized carbons (Fsp3) is 0.500. The molecule has 1 amide bonds. The second kappa shape index (κ2) is 6.70. The quantitative estimate of drug-likeness (QED) is 0.748. The van der Waals surface area contributed by atoms with Crippen LogP contribution in [-0.4, -0.2) is 29.1 Å². The second-order valence-corrected chi connectivity index (χ2v) is 5.50. The molecule has 0 unspecified atom stereocenters. The zero-order valence-electron chi connectivity index (χ0n) is 11.1. The summed E-state index contributed by atoms with van der Waals surface area (Å²) in [6.45, 7) is 9.65. The average Bonchev–Trinajstić information content (AvgIpc) is 2.33. The fourth-order valence-electron chi connectivity index (χ4n) is 1.66. The van der Waals surface area contributed by atoms with Crippen molar-refractivity contribution in [2.75, 3.05) is 13.1 Å². The molecule has 1 atom stereocenters. The molecule has 1 aromatic rings. The van der Waals surface area contributed by atoms with E-state index >= 15 is 0 Å². The number of hydrogen-bond donors (Lipinski definition) is 0. The molecule has 17 heavy (non-hydrogen) atoms. The van der Waals surface area contributed by atoms with E-state index in [4.69, 9.17) is 0 Å². The van der Waals surface area contributed by atoms with Gasteiger partial charge in [0.25, 0.3) is 0 Å². The maximum Gasteiger partial charge on any atom is 0.235 e. The van der Waals surface area contributed by atoms with Gasteiger partial charge in [0.1, 0.15) is 0 Å². The normalized spacial score (nSPS) is 12.2. The van der Waals surface area contributed by atoms with Gasteiger partial charge in [-0.3, -0.25) is 4.79 Å². The predicted octanol–water partition coefficient (Wildman–Crippen LogP) is 3.34. The summed E-state index contributed by atoms with van der Waals surface area (Å²) >= 11 is 1.63. The number of aryl methyl sites for hydroxylation is 1. The first-order valence-electron chi connectivity index (χ1n) is 6.10. The number of thioether (sulfide) groups is 1. The van der Waals surface area contributed by atoms with Gasteiger partial charge >= 0.3 is 0 Å². The first-order valence-corrected chi connectivity index (χ1v) is 6.98. The molecule has 0 heterocycles. The predicted molar refractivity (Wildman–Crippen MR) is 74.4 cm³/mol. The van der Waals surface area contributed by atoms with Crippen molar-refractivity contribution in [3.63, 3.8) is 0 Å². The maximum absolute atomic E-state index is 12.1. The minimum atomic E-state index is -0.0161. The summed E-state index contributed by atoms with van der Waals surface area (Å²) in [5.41, 5.74) is 1.25. The van der Waals surface area contributed by atoms with Gasteiger partial charge in [0.2, 0.25) is 5.91 Å². The third-order valence-corrected chi connectivity index (χ3v) is 3.86. The van der Waals surface area contributed by atoms with Crippen LogP contribution in [0, 0.1) is 6.92 Å². The number of amides is 1. The third kappa shape index (κ3) is 4.08. The van der Waals surface area contributed by atoms with Crippen LogP contribution in [0.3, 0.4) is 0 Å². The topological polar surface area (TPSA) is 20.3 Å². The van der Waals surface area contributed by atoms with E-state index in [-0.39, 0.29) is 11.2 Å². The summed E-state index contributed by atoms with van der Waals surface area (Å²) in [5, 5.41) is -0.0161. The Kier molecular flexibility index (Phi) is 5.56. The van der Waals surface area contributed by atoms with E-state index in [0.717, 1.165) is 18.0 Å². The van der Waals surface area contributed by atoms with Gasteiger partial charge in [-0.15, -0.1) is 11.8 Å². The highest BCUT2D eigenvalue weighted by Crippen LogP contribution is 2.24. The van der Waals surface area contributed by atoms with E-state index in [0.29, 0.717) is 0 Å². The zero-order chi connectivity index (χ0) is 12.8. The molecule has 0 aliphatic heterocycles. The van der Waals surface area contributed by atoms with E-state index < -0.39 is 0 Å². The van der Waals surface area contributed by atoms with Gasteiger partial charge in [-0.25, -0.2) is 0 Å². The maximum atomic E-state index is 12.1. The molecule has 0 saturated carbocycles. The zero-order valence-corrected chi connectivity index (χ0v) is 11.9. The van der Waals surface area contributed by atoms with Crippen LogP contribution >= 0.6 is 11.8 Å². The summed E-state index contributed by atoms with van der Waals surface area (Å²) in [6.07, 6.45) is 0. The molecule has 3 heteroatoms. The smallest absolute Gasteiger partial charge is 0.235 e. The van der Waals surface area contributed by atoms with Crippen LogP contribution < -0.4 is 0 Å². The molecular weight excluding hydrogens is 230 g/mol. The van der Waals surface area contributed by atoms with Crippen molar-refractivity contribution in [2.45, 2.75) is 37.8 Å². The van der Waals surface area contributed by atoms with Crippen LogP contribution in [0.15, 0.2) is 29.2 Å². The molecule has 0 aromatic heterocycles. The molecule has 0 bridgehead atoms. The van der Waals surface area contributed by atoms with E-state index in [1.165, 1.54) is 5.56 Å². The van der Waals surface area contributed by atoms with Gasteiger partial charge in [0, 0.05) is 18.0 Å². The number of hydrogen-bond acceptors (Lipinski definition) is 2. The lowest BCUT2D eigenvalue weighted by Gasteiger charge is -2.22. The largest absolute Gasteiger partial charge is 0.342 e. The van der Waals surface area contributed by atoms with Gasteiger partial charge in [0.15, 0.2) is 0 Å². The van der Waals surface area contributed by atoms with Crippen LogP contribution in [0.5, 0.6) is 0 Å². The summed E-state index contributed by atoms with van der Waals surface area (Å²) < 4.78 is 0. The number of carbonyl (C=O) groups excluding carboxylic acids is 1. The van der Waals surface area contributed by atoms with Crippen LogP contribution in [0.2, 0.25) is 0 Å². The van der Waals surface area contributed by atoms with Crippen molar-refractivity contribution in [3.05, 3.63) is 29.8 Å². The van der Waals surface area contributed by atoms with Crippen LogP contribution in [0.4, 0.5) is 0 Å². The van der Waals surface area contributed by atoms with Crippen LogP contribution in [0.25, 0.3) is 0 Å². The van der Waals surface area contributed by atoms with E-state index in [1.807, 2.05) is 25.7 Å². The second-order valence-electron chi connectivity index (χ2n) is 4.08. The van der Waals surface area contributed by atoms with Gasteiger partial charge in [-0.1, -0.05) is 17.7 Å². The Morgan fingerprint density at radius 3 is 2.24 bits per heavy atom. The van der Waals surface area contributed by atoms with Gasteiger partial charge in [0.05, 0.1) is 5.25 Å². The highest BCUT2D eigenvalue weighted by atomic mass is 32.2. The Morgan fingerprint density at radius 1 is 1.24 bits per heavy atom. The molecule has 0 aliphatic rings. The van der Waals surface area contributed by atoms with Crippen molar-refractivity contribution in [1.82, 2.24) is 4.90 Å². The number of nitrogens with zero attached hydrogens (tertiary/aromatic N) is 1. The standard InChI is InChI=1S/C14H21NOS/c1-5-15(6-2)14(16)12(4)17-13-9-7-11(3)8-10-13/h7-10,12H,5-6H2,1-4H3/t12-/m1/s1. The SMILES string of the molecule is CCN(CC)C(=O)[C@@H](C)Sc1ccc(C)cc1. The van der Waals surface area contributed by atoms with Gasteiger partial charge in [-0.2, -0.15) is 0 Å². The fourth-order valence-corrected chi connectivity index (χ4v) is 2.62. The Labute approximate surface area is 108 Å². The molecule has 0 N–H and O–H groups in total. The highest BCUT2D eigenvalue weighted by Gasteiger charge is 2.18. The minimum Gasteiger partial charge on any atom is -0.342 e. The summed E-state index contributed by atoms with van der Waals surface area (Å²) in [4.78, 5) is 15.1. The molecule has 0 spiro atoms. The molecule has 2 nitrogen and oxygen atoms in total. The third-order valence-electron chi connectivity index (χ3n) is 2.76. The van der Waals surface area contributed by atoms with Crippen molar-refractivity contribution in [3.8, 4) is 0 Å². The molecule has 1 rings (SSSR count). The Balaban J connectivity index is 2.62. The molecule has 1 aromatic carbocycles. The van der Waals surface area contributed by atoms with Crippen molar-refractivity contribution < 1.29 is 4.79 Å². The van der Waals surface area contributed by atoms with Crippen molar-refractivity contribution in [1.29, 1.82) is 0 Å². The molecule has 0 aliphatic carbocycles. The van der Waals surface area contributed by atoms with Gasteiger partial charge < -0.3 is 4.90 Å². The molecular formula is C14H21NOS. The summed E-state index contributed by atoms with van der Waals surface area (Å²) in [6, 6.07) is 8.31. The van der Waals surface area contributed by atoms with E-state index in [1.54, 1.807) is 11.8 Å². The molecule has 94 valence electrons. The molecule has 0 saturated heterocycles. The summed E-state index contributed by atoms with van der Waals surface area (Å²) in [5.74, 6) is 0.223. The van der Waals surface area contributed by atoms with Crippen molar-refractivity contribution >= 4 is 17.7 Å². The number of carbonyl (C=O) groups is 1. The molecule has 0 radical (unpaired) electrons. The lowest BCUT2D eigenvalue weighted by Crippen LogP contribution is -2.36. The van der Waals surface area contributed by atoms with Gasteiger partial charge in [-0.05, 0) is 39.8 Å². The Hall–Kier alpha value is -0.960. The van der Waals surface area contributed by atoms with E-state index in [9.17, 15) is 4.79 Å². The average molecular weight is 251 g/mol.